The fourth-order valence-corrected chi connectivity index (χ4v) is 0.827. The molecule has 0 saturated heterocycles. The number of rotatable bonds is 0. The lowest BCUT2D eigenvalue weighted by atomic mass is 10.2. The number of hydrogen-bond donors (Lipinski definition) is 0. The van der Waals surface area contributed by atoms with Crippen LogP contribution in [-0.2, 0) is 0 Å². The number of hydrogen-bond acceptors (Lipinski definition) is 3. The Kier molecular flexibility index (Phi) is 0.828. The Balaban J connectivity index is 2.46. The van der Waals surface area contributed by atoms with E-state index in [2.05, 4.69) is 15.0 Å². The third-order valence-corrected chi connectivity index (χ3v) is 1.30. The minimum Gasteiger partial charge on any atom is -0.269 e. The van der Waals surface area contributed by atoms with E-state index >= 15 is 0 Å². The lowest BCUT2D eigenvalue weighted by molar-refractivity contribution is 1.19. The van der Waals surface area contributed by atoms with E-state index in [1.165, 1.54) is 0 Å². The number of nitrogens with zero attached hydrogens (tertiary/aromatic N) is 3. The van der Waals surface area contributed by atoms with Gasteiger partial charge < -0.3 is 0 Å². The maximum absolute atomic E-state index is 4.00. The van der Waals surface area contributed by atoms with Crippen LogP contribution in [0.3, 0.4) is 0 Å². The third kappa shape index (κ3) is 0.614. The normalized spacial score (nSPS) is 21.3. The Morgan fingerprint density at radius 3 is 3.33 bits per heavy atom. The summed E-state index contributed by atoms with van der Waals surface area (Å²) < 4.78 is 0. The molecular weight excluding hydrogens is 114 g/mol. The molecule has 0 aliphatic carbocycles. The standard InChI is InChI=1S/C6H5N3/c1-5-2-8-4-9-6(5)3-7-1/h1,3-4H,2H2. The second kappa shape index (κ2) is 1.62. The van der Waals surface area contributed by atoms with Crippen LogP contribution in [0.5, 0.6) is 0 Å². The highest BCUT2D eigenvalue weighted by atomic mass is 14.9. The van der Waals surface area contributed by atoms with E-state index in [9.17, 15) is 0 Å². The van der Waals surface area contributed by atoms with Crippen LogP contribution in [0.15, 0.2) is 26.8 Å². The van der Waals surface area contributed by atoms with E-state index < -0.39 is 0 Å². The molecule has 0 amide bonds. The minimum absolute atomic E-state index is 0.735. The second-order valence-electron chi connectivity index (χ2n) is 1.90. The van der Waals surface area contributed by atoms with Gasteiger partial charge in [0.1, 0.15) is 6.34 Å². The molecule has 0 unspecified atom stereocenters. The molecule has 2 aliphatic heterocycles. The summed E-state index contributed by atoms with van der Waals surface area (Å²) in [7, 11) is 0. The fourth-order valence-electron chi connectivity index (χ4n) is 0.827. The SMILES string of the molecule is C1=NC=C2CN=CN=C12. The van der Waals surface area contributed by atoms with Gasteiger partial charge in [-0.25, -0.2) is 4.99 Å². The lowest BCUT2D eigenvalue weighted by Crippen LogP contribution is -2.07. The Labute approximate surface area is 52.5 Å². The fraction of sp³-hybridized carbons (Fsp3) is 0.167. The molecule has 9 heavy (non-hydrogen) atoms. The predicted molar refractivity (Wildman–Crippen MR) is 37.4 cm³/mol. The molecule has 0 saturated carbocycles. The first-order chi connectivity index (χ1) is 4.47. The average Bonchev–Trinajstić information content (AvgIpc) is 2.33. The molecule has 0 fully saturated rings. The highest BCUT2D eigenvalue weighted by Crippen LogP contribution is 2.06. The average molecular weight is 119 g/mol. The van der Waals surface area contributed by atoms with Gasteiger partial charge in [0.25, 0.3) is 0 Å². The Hall–Kier alpha value is -1.25. The van der Waals surface area contributed by atoms with Crippen molar-refractivity contribution >= 4 is 18.3 Å². The van der Waals surface area contributed by atoms with E-state index in [0.29, 0.717) is 0 Å². The quantitative estimate of drug-likeness (QED) is 0.443. The van der Waals surface area contributed by atoms with Crippen molar-refractivity contribution in [1.82, 2.24) is 0 Å². The van der Waals surface area contributed by atoms with E-state index in [-0.39, 0.29) is 0 Å². The van der Waals surface area contributed by atoms with Gasteiger partial charge >= 0.3 is 0 Å². The minimum atomic E-state index is 0.735. The maximum atomic E-state index is 4.00. The summed E-state index contributed by atoms with van der Waals surface area (Å²) in [4.78, 5) is 11.9. The third-order valence-electron chi connectivity index (χ3n) is 1.30. The van der Waals surface area contributed by atoms with Crippen LogP contribution in [0, 0.1) is 0 Å². The summed E-state index contributed by atoms with van der Waals surface area (Å²) in [5.41, 5.74) is 2.09. The molecule has 0 aromatic rings. The zero-order valence-electron chi connectivity index (χ0n) is 4.78. The van der Waals surface area contributed by atoms with Gasteiger partial charge in [0.15, 0.2) is 0 Å². The maximum Gasteiger partial charge on any atom is 0.111 e. The highest BCUT2D eigenvalue weighted by Gasteiger charge is 2.09. The van der Waals surface area contributed by atoms with Crippen molar-refractivity contribution in [3.63, 3.8) is 0 Å². The summed E-state index contributed by atoms with van der Waals surface area (Å²) in [6.45, 7) is 0.735. The van der Waals surface area contributed by atoms with E-state index in [1.807, 2.05) is 0 Å². The van der Waals surface area contributed by atoms with Gasteiger partial charge in [-0.05, 0) is 0 Å². The summed E-state index contributed by atoms with van der Waals surface area (Å²) in [5.74, 6) is 0. The van der Waals surface area contributed by atoms with Crippen molar-refractivity contribution in [1.29, 1.82) is 0 Å². The monoisotopic (exact) mass is 119 g/mol. The van der Waals surface area contributed by atoms with Crippen molar-refractivity contribution in [2.24, 2.45) is 15.0 Å². The molecule has 0 N–H and O–H groups in total. The van der Waals surface area contributed by atoms with Crippen molar-refractivity contribution in [3.8, 4) is 0 Å². The first-order valence-corrected chi connectivity index (χ1v) is 2.75. The molecule has 2 heterocycles. The summed E-state index contributed by atoms with van der Waals surface area (Å²) >= 11 is 0. The molecule has 0 atom stereocenters. The van der Waals surface area contributed by atoms with Gasteiger partial charge in [0.05, 0.1) is 18.5 Å². The Morgan fingerprint density at radius 2 is 2.44 bits per heavy atom. The largest absolute Gasteiger partial charge is 0.269 e. The van der Waals surface area contributed by atoms with Crippen LogP contribution in [0.1, 0.15) is 0 Å². The van der Waals surface area contributed by atoms with Gasteiger partial charge in [0.2, 0.25) is 0 Å². The molecule has 2 rings (SSSR count). The smallest absolute Gasteiger partial charge is 0.111 e. The van der Waals surface area contributed by atoms with Gasteiger partial charge in [-0.3, -0.25) is 9.98 Å². The van der Waals surface area contributed by atoms with E-state index in [0.717, 1.165) is 17.8 Å². The van der Waals surface area contributed by atoms with E-state index in [4.69, 9.17) is 0 Å². The molecular formula is C6H5N3. The summed E-state index contributed by atoms with van der Waals surface area (Å²) in [6, 6.07) is 0. The van der Waals surface area contributed by atoms with Crippen LogP contribution < -0.4 is 0 Å². The summed E-state index contributed by atoms with van der Waals surface area (Å²) in [6.07, 6.45) is 5.12. The van der Waals surface area contributed by atoms with Gasteiger partial charge in [-0.1, -0.05) is 0 Å². The molecule has 0 aromatic carbocycles. The first kappa shape index (κ1) is 4.61. The van der Waals surface area contributed by atoms with Gasteiger partial charge in [0, 0.05) is 11.8 Å². The predicted octanol–water partition coefficient (Wildman–Crippen LogP) is 0.438. The molecule has 44 valence electrons. The summed E-state index contributed by atoms with van der Waals surface area (Å²) in [5, 5.41) is 0. The lowest BCUT2D eigenvalue weighted by Gasteiger charge is -1.99. The molecule has 0 radical (unpaired) electrons. The van der Waals surface area contributed by atoms with Gasteiger partial charge in [-0.2, -0.15) is 0 Å². The first-order valence-electron chi connectivity index (χ1n) is 2.75. The molecule has 0 spiro atoms. The molecule has 0 aromatic heterocycles. The van der Waals surface area contributed by atoms with Crippen LogP contribution in [0.2, 0.25) is 0 Å². The Morgan fingerprint density at radius 1 is 1.44 bits per heavy atom. The Bertz CT molecular complexity index is 245. The van der Waals surface area contributed by atoms with E-state index in [1.54, 1.807) is 18.8 Å². The highest BCUT2D eigenvalue weighted by molar-refractivity contribution is 6.41. The van der Waals surface area contributed by atoms with Crippen molar-refractivity contribution < 1.29 is 0 Å². The van der Waals surface area contributed by atoms with Crippen LogP contribution in [0.25, 0.3) is 0 Å². The number of fused-ring (bicyclic) bond motifs is 1. The van der Waals surface area contributed by atoms with Crippen molar-refractivity contribution in [2.75, 3.05) is 6.54 Å². The second-order valence-corrected chi connectivity index (χ2v) is 1.90. The van der Waals surface area contributed by atoms with Crippen molar-refractivity contribution in [3.05, 3.63) is 11.8 Å². The van der Waals surface area contributed by atoms with Gasteiger partial charge in [-0.15, -0.1) is 0 Å². The number of aliphatic imine (C=N–C) groups is 3. The molecule has 0 bridgehead atoms. The van der Waals surface area contributed by atoms with Crippen LogP contribution in [-0.4, -0.2) is 24.8 Å². The zero-order valence-corrected chi connectivity index (χ0v) is 4.78. The van der Waals surface area contributed by atoms with Crippen LogP contribution >= 0.6 is 0 Å². The van der Waals surface area contributed by atoms with Crippen molar-refractivity contribution in [2.45, 2.75) is 0 Å². The zero-order chi connectivity index (χ0) is 6.10. The van der Waals surface area contributed by atoms with Crippen LogP contribution in [0.4, 0.5) is 0 Å². The molecule has 2 aliphatic rings. The molecule has 3 nitrogen and oxygen atoms in total. The topological polar surface area (TPSA) is 37.1 Å². The molecule has 3 heteroatoms.